The second-order valence-corrected chi connectivity index (χ2v) is 5.03. The first kappa shape index (κ1) is 16.1. The second-order valence-electron chi connectivity index (χ2n) is 4.62. The van der Waals surface area contributed by atoms with Gasteiger partial charge >= 0.3 is 0 Å². The van der Waals surface area contributed by atoms with E-state index >= 15 is 0 Å². The summed E-state index contributed by atoms with van der Waals surface area (Å²) in [6, 6.07) is 7.59. The Kier molecular flexibility index (Phi) is 6.11. The SMILES string of the molecule is CC(=O)NC(=S)Nc1ccc(CCC(=O)N(C)C)cc1. The lowest BCUT2D eigenvalue weighted by Crippen LogP contribution is -2.32. The number of nitrogens with zero attached hydrogens (tertiary/aromatic N) is 1. The quantitative estimate of drug-likeness (QED) is 0.827. The zero-order valence-corrected chi connectivity index (χ0v) is 12.7. The van der Waals surface area contributed by atoms with Crippen LogP contribution >= 0.6 is 12.2 Å². The summed E-state index contributed by atoms with van der Waals surface area (Å²) >= 11 is 4.97. The molecule has 0 radical (unpaired) electrons. The molecule has 0 bridgehead atoms. The van der Waals surface area contributed by atoms with Crippen molar-refractivity contribution in [3.63, 3.8) is 0 Å². The van der Waals surface area contributed by atoms with Crippen LogP contribution in [0.25, 0.3) is 0 Å². The molecular weight excluding hydrogens is 274 g/mol. The number of aryl methyl sites for hydroxylation is 1. The van der Waals surface area contributed by atoms with Crippen molar-refractivity contribution in [2.75, 3.05) is 19.4 Å². The Morgan fingerprint density at radius 2 is 1.80 bits per heavy atom. The molecule has 6 heteroatoms. The number of carbonyl (C=O) groups is 2. The Labute approximate surface area is 124 Å². The second kappa shape index (κ2) is 7.59. The van der Waals surface area contributed by atoms with Crippen molar-refractivity contribution in [2.24, 2.45) is 0 Å². The van der Waals surface area contributed by atoms with Gasteiger partial charge in [0.15, 0.2) is 5.11 Å². The van der Waals surface area contributed by atoms with E-state index in [9.17, 15) is 9.59 Å². The van der Waals surface area contributed by atoms with Crippen LogP contribution in [-0.2, 0) is 16.0 Å². The Hall–Kier alpha value is -1.95. The van der Waals surface area contributed by atoms with Crippen LogP contribution in [0.2, 0.25) is 0 Å². The Bertz CT molecular complexity index is 498. The number of benzene rings is 1. The molecule has 0 spiro atoms. The summed E-state index contributed by atoms with van der Waals surface area (Å²) in [5, 5.41) is 5.67. The van der Waals surface area contributed by atoms with Gasteiger partial charge in [0.2, 0.25) is 11.8 Å². The van der Waals surface area contributed by atoms with Crippen LogP contribution in [0, 0.1) is 0 Å². The van der Waals surface area contributed by atoms with Crippen molar-refractivity contribution in [3.05, 3.63) is 29.8 Å². The van der Waals surface area contributed by atoms with E-state index in [1.54, 1.807) is 19.0 Å². The van der Waals surface area contributed by atoms with Gasteiger partial charge in [0.05, 0.1) is 0 Å². The summed E-state index contributed by atoms with van der Waals surface area (Å²) in [7, 11) is 3.50. The van der Waals surface area contributed by atoms with Crippen molar-refractivity contribution >= 4 is 34.8 Å². The summed E-state index contributed by atoms with van der Waals surface area (Å²) in [6.07, 6.45) is 1.19. The normalized spacial score (nSPS) is 9.75. The minimum Gasteiger partial charge on any atom is -0.349 e. The lowest BCUT2D eigenvalue weighted by Gasteiger charge is -2.11. The third-order valence-electron chi connectivity index (χ3n) is 2.63. The third kappa shape index (κ3) is 5.79. The van der Waals surface area contributed by atoms with Crippen LogP contribution in [-0.4, -0.2) is 35.9 Å². The average molecular weight is 293 g/mol. The summed E-state index contributed by atoms with van der Waals surface area (Å²) in [5.74, 6) is -0.0969. The molecule has 1 aromatic rings. The van der Waals surface area contributed by atoms with E-state index < -0.39 is 0 Å². The van der Waals surface area contributed by atoms with Crippen molar-refractivity contribution in [3.8, 4) is 0 Å². The van der Waals surface area contributed by atoms with E-state index in [0.717, 1.165) is 11.3 Å². The molecule has 5 nitrogen and oxygen atoms in total. The minimum atomic E-state index is -0.207. The lowest BCUT2D eigenvalue weighted by atomic mass is 10.1. The molecular formula is C14H19N3O2S. The van der Waals surface area contributed by atoms with E-state index in [4.69, 9.17) is 12.2 Å². The number of hydrogen-bond acceptors (Lipinski definition) is 3. The van der Waals surface area contributed by atoms with E-state index in [-0.39, 0.29) is 16.9 Å². The van der Waals surface area contributed by atoms with Gasteiger partial charge in [-0.1, -0.05) is 12.1 Å². The van der Waals surface area contributed by atoms with Gasteiger partial charge in [0, 0.05) is 33.1 Å². The molecule has 20 heavy (non-hydrogen) atoms. The van der Waals surface area contributed by atoms with E-state index in [1.165, 1.54) is 6.92 Å². The molecule has 1 rings (SSSR count). The average Bonchev–Trinajstić information content (AvgIpc) is 2.36. The van der Waals surface area contributed by atoms with Crippen LogP contribution in [0.1, 0.15) is 18.9 Å². The third-order valence-corrected chi connectivity index (χ3v) is 2.83. The van der Waals surface area contributed by atoms with Gasteiger partial charge in [-0.05, 0) is 36.3 Å². The molecule has 2 amide bonds. The molecule has 0 fully saturated rings. The summed E-state index contributed by atoms with van der Waals surface area (Å²) in [5.41, 5.74) is 1.88. The maximum absolute atomic E-state index is 11.5. The van der Waals surface area contributed by atoms with Gasteiger partial charge in [0.25, 0.3) is 0 Å². The van der Waals surface area contributed by atoms with E-state index in [2.05, 4.69) is 10.6 Å². The molecule has 2 N–H and O–H groups in total. The standard InChI is InChI=1S/C14H19N3O2S/c1-10(18)15-14(20)16-12-7-4-11(5-8-12)6-9-13(19)17(2)3/h4-5,7-8H,6,9H2,1-3H3,(H2,15,16,18,20). The highest BCUT2D eigenvalue weighted by Crippen LogP contribution is 2.11. The first-order valence-electron chi connectivity index (χ1n) is 6.26. The summed E-state index contributed by atoms with van der Waals surface area (Å²) < 4.78 is 0. The predicted octanol–water partition coefficient (Wildman–Crippen LogP) is 1.54. The van der Waals surface area contributed by atoms with Gasteiger partial charge < -0.3 is 15.5 Å². The van der Waals surface area contributed by atoms with Crippen LogP contribution in [0.4, 0.5) is 5.69 Å². The van der Waals surface area contributed by atoms with Gasteiger partial charge in [-0.15, -0.1) is 0 Å². The molecule has 1 aromatic carbocycles. The van der Waals surface area contributed by atoms with Crippen molar-refractivity contribution in [2.45, 2.75) is 19.8 Å². The van der Waals surface area contributed by atoms with Crippen LogP contribution in [0.15, 0.2) is 24.3 Å². The summed E-state index contributed by atoms with van der Waals surface area (Å²) in [6.45, 7) is 1.40. The number of nitrogens with one attached hydrogen (secondary N) is 2. The molecule has 0 aliphatic heterocycles. The number of rotatable bonds is 4. The highest BCUT2D eigenvalue weighted by molar-refractivity contribution is 7.80. The molecule has 108 valence electrons. The van der Waals surface area contributed by atoms with Crippen molar-refractivity contribution in [1.82, 2.24) is 10.2 Å². The number of thiocarbonyl (C=S) groups is 1. The van der Waals surface area contributed by atoms with Crippen LogP contribution in [0.3, 0.4) is 0 Å². The van der Waals surface area contributed by atoms with Gasteiger partial charge in [-0.25, -0.2) is 0 Å². The molecule has 0 unspecified atom stereocenters. The number of amides is 2. The van der Waals surface area contributed by atoms with Crippen LogP contribution < -0.4 is 10.6 Å². The van der Waals surface area contributed by atoms with Gasteiger partial charge in [-0.3, -0.25) is 9.59 Å². The fraction of sp³-hybridized carbons (Fsp3) is 0.357. The lowest BCUT2D eigenvalue weighted by molar-refractivity contribution is -0.128. The van der Waals surface area contributed by atoms with Crippen LogP contribution in [0.5, 0.6) is 0 Å². The first-order valence-corrected chi connectivity index (χ1v) is 6.67. The van der Waals surface area contributed by atoms with Gasteiger partial charge in [0.1, 0.15) is 0 Å². The molecule has 0 saturated heterocycles. The van der Waals surface area contributed by atoms with Crippen molar-refractivity contribution < 1.29 is 9.59 Å². The van der Waals surface area contributed by atoms with E-state index in [0.29, 0.717) is 12.8 Å². The minimum absolute atomic E-state index is 0.110. The molecule has 0 aromatic heterocycles. The maximum Gasteiger partial charge on any atom is 0.222 e. The highest BCUT2D eigenvalue weighted by Gasteiger charge is 2.04. The fourth-order valence-electron chi connectivity index (χ4n) is 1.55. The number of hydrogen-bond donors (Lipinski definition) is 2. The monoisotopic (exact) mass is 293 g/mol. The Morgan fingerprint density at radius 1 is 1.20 bits per heavy atom. The van der Waals surface area contributed by atoms with Crippen molar-refractivity contribution in [1.29, 1.82) is 0 Å². The predicted molar refractivity (Wildman–Crippen MR) is 83.5 cm³/mol. The molecule has 0 atom stereocenters. The number of anilines is 1. The van der Waals surface area contributed by atoms with Gasteiger partial charge in [-0.2, -0.15) is 0 Å². The zero-order valence-electron chi connectivity index (χ0n) is 11.9. The Morgan fingerprint density at radius 3 is 2.30 bits per heavy atom. The van der Waals surface area contributed by atoms with E-state index in [1.807, 2.05) is 24.3 Å². The largest absolute Gasteiger partial charge is 0.349 e. The smallest absolute Gasteiger partial charge is 0.222 e. The fourth-order valence-corrected chi connectivity index (χ4v) is 1.81. The molecule has 0 aliphatic carbocycles. The maximum atomic E-state index is 11.5. The highest BCUT2D eigenvalue weighted by atomic mass is 32.1. The number of carbonyl (C=O) groups excluding carboxylic acids is 2. The zero-order chi connectivity index (χ0) is 15.1. The molecule has 0 heterocycles. The Balaban J connectivity index is 2.50. The topological polar surface area (TPSA) is 61.4 Å². The molecule has 0 saturated carbocycles. The first-order chi connectivity index (χ1) is 9.38. The molecule has 0 aliphatic rings. The summed E-state index contributed by atoms with van der Waals surface area (Å²) in [4.78, 5) is 23.9.